The molecule has 1 aliphatic heterocycles. The van der Waals surface area contributed by atoms with Gasteiger partial charge in [0.25, 0.3) is 0 Å². The third-order valence-electron chi connectivity index (χ3n) is 3.19. The van der Waals surface area contributed by atoms with E-state index in [1.165, 1.54) is 0 Å². The van der Waals surface area contributed by atoms with Gasteiger partial charge >= 0.3 is 0 Å². The molecule has 1 heterocycles. The minimum absolute atomic E-state index is 0.408. The minimum atomic E-state index is -0.623. The maximum absolute atomic E-state index is 10.1. The highest BCUT2D eigenvalue weighted by molar-refractivity contribution is 7.80. The average molecular weight is 250 g/mol. The van der Waals surface area contributed by atoms with E-state index in [9.17, 15) is 5.11 Å². The summed E-state index contributed by atoms with van der Waals surface area (Å²) in [5, 5.41) is 10.1. The number of nitrogens with zero attached hydrogens (tertiary/aromatic N) is 1. The van der Waals surface area contributed by atoms with Gasteiger partial charge in [0.05, 0.1) is 5.60 Å². The number of thiocarbonyl (C=S) groups is 1. The lowest BCUT2D eigenvalue weighted by atomic mass is 9.94. The first-order valence-electron chi connectivity index (χ1n) is 5.86. The van der Waals surface area contributed by atoms with Crippen molar-refractivity contribution in [1.82, 2.24) is 0 Å². The van der Waals surface area contributed by atoms with Crippen LogP contribution in [0.25, 0.3) is 0 Å². The van der Waals surface area contributed by atoms with Crippen molar-refractivity contribution in [2.45, 2.75) is 25.4 Å². The molecule has 0 bridgehead atoms. The van der Waals surface area contributed by atoms with Crippen molar-refractivity contribution in [3.05, 3.63) is 29.8 Å². The van der Waals surface area contributed by atoms with E-state index in [0.717, 1.165) is 30.6 Å². The number of hydrogen-bond donors (Lipinski definition) is 2. The molecule has 3 N–H and O–H groups in total. The fourth-order valence-corrected chi connectivity index (χ4v) is 2.56. The van der Waals surface area contributed by atoms with Crippen LogP contribution in [0.5, 0.6) is 0 Å². The zero-order valence-corrected chi connectivity index (χ0v) is 10.8. The van der Waals surface area contributed by atoms with Gasteiger partial charge in [-0.2, -0.15) is 0 Å². The quantitative estimate of drug-likeness (QED) is 0.784. The second-order valence-corrected chi connectivity index (χ2v) is 5.34. The monoisotopic (exact) mass is 250 g/mol. The third-order valence-corrected chi connectivity index (χ3v) is 3.40. The fraction of sp³-hybridized carbons (Fsp3) is 0.462. The van der Waals surface area contributed by atoms with Crippen molar-refractivity contribution in [2.75, 3.05) is 18.0 Å². The summed E-state index contributed by atoms with van der Waals surface area (Å²) in [5.74, 6) is 0. The highest BCUT2D eigenvalue weighted by Gasteiger charge is 2.29. The van der Waals surface area contributed by atoms with Crippen LogP contribution >= 0.6 is 12.2 Å². The first-order chi connectivity index (χ1) is 7.99. The number of para-hydroxylation sites is 1. The Hall–Kier alpha value is -1.13. The molecule has 3 nitrogen and oxygen atoms in total. The van der Waals surface area contributed by atoms with E-state index in [-0.39, 0.29) is 0 Å². The lowest BCUT2D eigenvalue weighted by molar-refractivity contribution is 0.0449. The predicted octanol–water partition coefficient (Wildman–Crippen LogP) is 1.67. The number of aliphatic hydroxyl groups is 1. The largest absolute Gasteiger partial charge is 0.389 e. The Morgan fingerprint density at radius 3 is 2.82 bits per heavy atom. The number of piperidine rings is 1. The van der Waals surface area contributed by atoms with Crippen molar-refractivity contribution in [1.29, 1.82) is 0 Å². The van der Waals surface area contributed by atoms with Crippen molar-refractivity contribution in [3.63, 3.8) is 0 Å². The molecule has 0 spiro atoms. The van der Waals surface area contributed by atoms with Gasteiger partial charge in [-0.1, -0.05) is 24.4 Å². The zero-order chi connectivity index (χ0) is 12.5. The molecule has 0 saturated carbocycles. The number of hydrogen-bond acceptors (Lipinski definition) is 3. The number of anilines is 1. The maximum Gasteiger partial charge on any atom is 0.106 e. The van der Waals surface area contributed by atoms with Gasteiger partial charge in [0.15, 0.2) is 0 Å². The first-order valence-corrected chi connectivity index (χ1v) is 6.27. The molecule has 17 heavy (non-hydrogen) atoms. The Kier molecular flexibility index (Phi) is 3.35. The van der Waals surface area contributed by atoms with E-state index in [0.29, 0.717) is 11.5 Å². The average Bonchev–Trinajstić information content (AvgIpc) is 2.27. The van der Waals surface area contributed by atoms with E-state index < -0.39 is 5.60 Å². The molecule has 92 valence electrons. The predicted molar refractivity (Wildman–Crippen MR) is 74.4 cm³/mol. The van der Waals surface area contributed by atoms with E-state index in [1.807, 2.05) is 31.2 Å². The van der Waals surface area contributed by atoms with Gasteiger partial charge in [-0.15, -0.1) is 0 Å². The lowest BCUT2D eigenvalue weighted by Gasteiger charge is -2.39. The topological polar surface area (TPSA) is 49.5 Å². The summed E-state index contributed by atoms with van der Waals surface area (Å²) in [7, 11) is 0. The van der Waals surface area contributed by atoms with Crippen molar-refractivity contribution < 1.29 is 5.11 Å². The molecule has 0 amide bonds. The van der Waals surface area contributed by atoms with Crippen LogP contribution in [0.15, 0.2) is 24.3 Å². The zero-order valence-electron chi connectivity index (χ0n) is 10.0. The summed E-state index contributed by atoms with van der Waals surface area (Å²) in [6, 6.07) is 7.84. The third kappa shape index (κ3) is 2.76. The van der Waals surface area contributed by atoms with E-state index >= 15 is 0 Å². The summed E-state index contributed by atoms with van der Waals surface area (Å²) >= 11 is 5.06. The first kappa shape index (κ1) is 12.3. The molecule has 1 fully saturated rings. The standard InChI is InChI=1S/C13H18N2OS/c1-13(16)7-4-8-15(9-13)11-6-3-2-5-10(11)12(14)17/h2-3,5-6,16H,4,7-9H2,1H3,(H2,14,17). The Bertz CT molecular complexity index is 431. The van der Waals surface area contributed by atoms with Gasteiger partial charge in [0.1, 0.15) is 4.99 Å². The molecule has 2 rings (SSSR count). The van der Waals surface area contributed by atoms with Crippen LogP contribution in [0.2, 0.25) is 0 Å². The fourth-order valence-electron chi connectivity index (χ4n) is 2.38. The van der Waals surface area contributed by atoms with Gasteiger partial charge in [0, 0.05) is 24.3 Å². The smallest absolute Gasteiger partial charge is 0.106 e. The van der Waals surface area contributed by atoms with Crippen molar-refractivity contribution >= 4 is 22.9 Å². The summed E-state index contributed by atoms with van der Waals surface area (Å²) in [4.78, 5) is 2.57. The minimum Gasteiger partial charge on any atom is -0.389 e. The lowest BCUT2D eigenvalue weighted by Crippen LogP contribution is -2.46. The molecule has 1 aliphatic rings. The van der Waals surface area contributed by atoms with Crippen LogP contribution in [-0.4, -0.2) is 28.8 Å². The van der Waals surface area contributed by atoms with E-state index in [4.69, 9.17) is 18.0 Å². The van der Waals surface area contributed by atoms with Crippen LogP contribution in [0.4, 0.5) is 5.69 Å². The van der Waals surface area contributed by atoms with Crippen LogP contribution in [0.3, 0.4) is 0 Å². The number of rotatable bonds is 2. The Morgan fingerprint density at radius 2 is 2.18 bits per heavy atom. The summed E-state index contributed by atoms with van der Waals surface area (Å²) in [5.41, 5.74) is 7.02. The molecule has 0 radical (unpaired) electrons. The molecule has 1 aromatic carbocycles. The molecular weight excluding hydrogens is 232 g/mol. The van der Waals surface area contributed by atoms with Crippen LogP contribution in [0.1, 0.15) is 25.3 Å². The van der Waals surface area contributed by atoms with Gasteiger partial charge in [-0.25, -0.2) is 0 Å². The molecule has 1 aromatic rings. The molecule has 1 atom stereocenters. The van der Waals surface area contributed by atoms with Gasteiger partial charge < -0.3 is 15.7 Å². The second-order valence-electron chi connectivity index (χ2n) is 4.90. The van der Waals surface area contributed by atoms with Gasteiger partial charge in [-0.05, 0) is 31.9 Å². The maximum atomic E-state index is 10.1. The number of nitrogens with two attached hydrogens (primary N) is 1. The van der Waals surface area contributed by atoms with E-state index in [1.54, 1.807) is 0 Å². The van der Waals surface area contributed by atoms with E-state index in [2.05, 4.69) is 4.90 Å². The highest BCUT2D eigenvalue weighted by Crippen LogP contribution is 2.28. The Labute approximate surface area is 107 Å². The number of benzene rings is 1. The summed E-state index contributed by atoms with van der Waals surface area (Å²) in [6.07, 6.45) is 1.83. The van der Waals surface area contributed by atoms with Crippen LogP contribution < -0.4 is 10.6 Å². The van der Waals surface area contributed by atoms with Crippen molar-refractivity contribution in [2.24, 2.45) is 5.73 Å². The van der Waals surface area contributed by atoms with Crippen LogP contribution in [0, 0.1) is 0 Å². The molecule has 4 heteroatoms. The van der Waals surface area contributed by atoms with Gasteiger partial charge in [0.2, 0.25) is 0 Å². The molecule has 0 aliphatic carbocycles. The second kappa shape index (κ2) is 4.63. The highest BCUT2D eigenvalue weighted by atomic mass is 32.1. The summed E-state index contributed by atoms with van der Waals surface area (Å²) < 4.78 is 0. The normalized spacial score (nSPS) is 24.7. The SMILES string of the molecule is CC1(O)CCCN(c2ccccc2C(N)=S)C1. The van der Waals surface area contributed by atoms with Crippen LogP contribution in [-0.2, 0) is 0 Å². The molecule has 0 aromatic heterocycles. The Balaban J connectivity index is 2.30. The Morgan fingerprint density at radius 1 is 1.47 bits per heavy atom. The molecule has 1 unspecified atom stereocenters. The summed E-state index contributed by atoms with van der Waals surface area (Å²) in [6.45, 7) is 3.45. The van der Waals surface area contributed by atoms with Crippen molar-refractivity contribution in [3.8, 4) is 0 Å². The van der Waals surface area contributed by atoms with Gasteiger partial charge in [-0.3, -0.25) is 0 Å². The molecule has 1 saturated heterocycles. The molecular formula is C13H18N2OS. The number of β-amino-alcohol motifs (C(OH)–C–C–N with tert-alkyl or cyclic N) is 1.